The summed E-state index contributed by atoms with van der Waals surface area (Å²) in [6.07, 6.45) is 0.283. The Morgan fingerprint density at radius 1 is 1.29 bits per heavy atom. The number of amides is 1. The lowest BCUT2D eigenvalue weighted by molar-refractivity contribution is -0.148. The fourth-order valence-electron chi connectivity index (χ4n) is 2.80. The summed E-state index contributed by atoms with van der Waals surface area (Å²) in [5.41, 5.74) is -0.893. The van der Waals surface area contributed by atoms with E-state index in [9.17, 15) is 9.59 Å². The summed E-state index contributed by atoms with van der Waals surface area (Å²) in [5, 5.41) is 0. The SMILES string of the molecule is CC(C)(C)OC(=O)N1C[C@@]2(C)CC(=O)[C@@]2(C)C1. The van der Waals surface area contributed by atoms with E-state index in [4.69, 9.17) is 4.74 Å². The normalized spacial score (nSPS) is 36.5. The van der Waals surface area contributed by atoms with E-state index in [2.05, 4.69) is 6.92 Å². The highest BCUT2D eigenvalue weighted by atomic mass is 16.6. The van der Waals surface area contributed by atoms with Gasteiger partial charge in [0.05, 0.1) is 5.41 Å². The molecule has 2 fully saturated rings. The Kier molecular flexibility index (Phi) is 2.36. The van der Waals surface area contributed by atoms with Crippen LogP contribution in [-0.2, 0) is 9.53 Å². The number of ketones is 1. The lowest BCUT2D eigenvalue weighted by Crippen LogP contribution is -2.54. The minimum Gasteiger partial charge on any atom is -0.444 e. The van der Waals surface area contributed by atoms with Gasteiger partial charge < -0.3 is 9.64 Å². The standard InChI is InChI=1S/C13H21NO3/c1-11(2,3)17-10(16)14-7-12(4)6-9(15)13(12,5)8-14/h6-8H2,1-5H3/t12-,13-/m1/s1. The van der Waals surface area contributed by atoms with Crippen LogP contribution in [0.15, 0.2) is 0 Å². The Labute approximate surface area is 102 Å². The van der Waals surface area contributed by atoms with Gasteiger partial charge in [-0.2, -0.15) is 0 Å². The quantitative estimate of drug-likeness (QED) is 0.651. The molecule has 2 atom stereocenters. The monoisotopic (exact) mass is 239 g/mol. The molecule has 0 aromatic rings. The van der Waals surface area contributed by atoms with E-state index < -0.39 is 5.60 Å². The molecule has 1 saturated heterocycles. The number of hydrogen-bond donors (Lipinski definition) is 0. The molecule has 0 bridgehead atoms. The average Bonchev–Trinajstić information content (AvgIpc) is 2.33. The first-order valence-corrected chi connectivity index (χ1v) is 6.09. The Bertz CT molecular complexity index is 385. The van der Waals surface area contributed by atoms with E-state index in [0.29, 0.717) is 19.5 Å². The number of ether oxygens (including phenoxy) is 1. The second-order valence-electron chi connectivity index (χ2n) is 6.83. The third kappa shape index (κ3) is 1.74. The number of carbonyl (C=O) groups excluding carboxylic acids is 2. The van der Waals surface area contributed by atoms with Crippen molar-refractivity contribution in [2.45, 2.75) is 46.6 Å². The molecule has 1 amide bonds. The van der Waals surface area contributed by atoms with Crippen LogP contribution in [-0.4, -0.2) is 35.5 Å². The maximum absolute atomic E-state index is 12.0. The summed E-state index contributed by atoms with van der Waals surface area (Å²) in [5.74, 6) is 0.269. The van der Waals surface area contributed by atoms with Crippen LogP contribution in [0, 0.1) is 10.8 Å². The highest BCUT2D eigenvalue weighted by molar-refractivity contribution is 5.94. The lowest BCUT2D eigenvalue weighted by Gasteiger charge is -2.48. The first kappa shape index (κ1) is 12.4. The third-order valence-electron chi connectivity index (χ3n) is 4.20. The molecule has 0 aromatic heterocycles. The van der Waals surface area contributed by atoms with Crippen LogP contribution in [0.4, 0.5) is 4.79 Å². The summed E-state index contributed by atoms with van der Waals surface area (Å²) in [6.45, 7) is 10.7. The van der Waals surface area contributed by atoms with Crippen LogP contribution < -0.4 is 0 Å². The molecule has 0 aromatic carbocycles. The molecule has 2 aliphatic rings. The Morgan fingerprint density at radius 2 is 1.88 bits per heavy atom. The molecule has 0 unspecified atom stereocenters. The Balaban J connectivity index is 2.08. The van der Waals surface area contributed by atoms with Crippen molar-refractivity contribution in [3.63, 3.8) is 0 Å². The van der Waals surface area contributed by atoms with Crippen LogP contribution in [0.5, 0.6) is 0 Å². The van der Waals surface area contributed by atoms with Gasteiger partial charge in [-0.25, -0.2) is 4.79 Å². The molecule has 1 aliphatic heterocycles. The van der Waals surface area contributed by atoms with Gasteiger partial charge in [0.25, 0.3) is 0 Å². The van der Waals surface area contributed by atoms with Crippen molar-refractivity contribution < 1.29 is 14.3 Å². The van der Waals surface area contributed by atoms with E-state index in [0.717, 1.165) is 0 Å². The zero-order valence-corrected chi connectivity index (χ0v) is 11.3. The second-order valence-corrected chi connectivity index (χ2v) is 6.83. The molecule has 0 N–H and O–H groups in total. The highest BCUT2D eigenvalue weighted by Gasteiger charge is 2.65. The molecule has 4 nitrogen and oxygen atoms in total. The highest BCUT2D eigenvalue weighted by Crippen LogP contribution is 2.58. The molecule has 0 radical (unpaired) electrons. The summed E-state index contributed by atoms with van der Waals surface area (Å²) in [6, 6.07) is 0. The van der Waals surface area contributed by atoms with Gasteiger partial charge in [0, 0.05) is 24.9 Å². The zero-order chi connectivity index (χ0) is 13.1. The van der Waals surface area contributed by atoms with Crippen molar-refractivity contribution in [3.8, 4) is 0 Å². The average molecular weight is 239 g/mol. The smallest absolute Gasteiger partial charge is 0.410 e. The number of hydrogen-bond acceptors (Lipinski definition) is 3. The summed E-state index contributed by atoms with van der Waals surface area (Å²) in [4.78, 5) is 25.4. The van der Waals surface area contributed by atoms with Gasteiger partial charge in [0.1, 0.15) is 11.4 Å². The Hall–Kier alpha value is -1.06. The number of carbonyl (C=O) groups is 2. The van der Waals surface area contributed by atoms with E-state index in [1.54, 1.807) is 4.90 Å². The van der Waals surface area contributed by atoms with E-state index >= 15 is 0 Å². The van der Waals surface area contributed by atoms with Crippen molar-refractivity contribution in [3.05, 3.63) is 0 Å². The van der Waals surface area contributed by atoms with Crippen molar-refractivity contribution in [1.82, 2.24) is 4.90 Å². The van der Waals surface area contributed by atoms with Crippen molar-refractivity contribution in [2.75, 3.05) is 13.1 Å². The summed E-state index contributed by atoms with van der Waals surface area (Å²) < 4.78 is 5.35. The van der Waals surface area contributed by atoms with Gasteiger partial charge in [-0.15, -0.1) is 0 Å². The van der Waals surface area contributed by atoms with Gasteiger partial charge in [0.2, 0.25) is 0 Å². The Morgan fingerprint density at radius 3 is 2.29 bits per heavy atom. The number of nitrogens with zero attached hydrogens (tertiary/aromatic N) is 1. The van der Waals surface area contributed by atoms with Crippen LogP contribution in [0.2, 0.25) is 0 Å². The first-order valence-electron chi connectivity index (χ1n) is 6.09. The second kappa shape index (κ2) is 3.24. The first-order chi connectivity index (χ1) is 7.57. The number of fused-ring (bicyclic) bond motifs is 1. The fraction of sp³-hybridized carbons (Fsp3) is 0.846. The third-order valence-corrected chi connectivity index (χ3v) is 4.20. The van der Waals surface area contributed by atoms with Gasteiger partial charge >= 0.3 is 6.09 Å². The van der Waals surface area contributed by atoms with Crippen molar-refractivity contribution in [1.29, 1.82) is 0 Å². The summed E-state index contributed by atoms with van der Waals surface area (Å²) in [7, 11) is 0. The number of rotatable bonds is 0. The molecule has 96 valence electrons. The van der Waals surface area contributed by atoms with Gasteiger partial charge in [-0.05, 0) is 20.8 Å². The molecular formula is C13H21NO3. The summed E-state index contributed by atoms with van der Waals surface area (Å²) >= 11 is 0. The minimum absolute atomic E-state index is 0.0546. The fourth-order valence-corrected chi connectivity index (χ4v) is 2.80. The molecule has 2 rings (SSSR count). The van der Waals surface area contributed by atoms with Crippen molar-refractivity contribution in [2.24, 2.45) is 10.8 Å². The molecule has 17 heavy (non-hydrogen) atoms. The topological polar surface area (TPSA) is 46.6 Å². The zero-order valence-electron chi connectivity index (χ0n) is 11.3. The molecule has 1 heterocycles. The largest absolute Gasteiger partial charge is 0.444 e. The predicted octanol–water partition coefficient (Wildman–Crippen LogP) is 2.22. The van der Waals surface area contributed by atoms with Gasteiger partial charge in [0.15, 0.2) is 0 Å². The minimum atomic E-state index is -0.482. The predicted molar refractivity (Wildman–Crippen MR) is 63.6 cm³/mol. The lowest BCUT2D eigenvalue weighted by atomic mass is 9.52. The maximum atomic E-state index is 12.0. The van der Waals surface area contributed by atoms with E-state index in [-0.39, 0.29) is 22.7 Å². The van der Waals surface area contributed by atoms with Gasteiger partial charge in [-0.3, -0.25) is 4.79 Å². The van der Waals surface area contributed by atoms with Crippen LogP contribution in [0.3, 0.4) is 0 Å². The van der Waals surface area contributed by atoms with Crippen molar-refractivity contribution >= 4 is 11.9 Å². The molecule has 1 saturated carbocycles. The van der Waals surface area contributed by atoms with Crippen LogP contribution >= 0.6 is 0 Å². The number of Topliss-reactive ketones (excluding diaryl/α,β-unsaturated/α-hetero) is 1. The number of likely N-dealkylation sites (tertiary alicyclic amines) is 1. The van der Waals surface area contributed by atoms with Crippen LogP contribution in [0.25, 0.3) is 0 Å². The van der Waals surface area contributed by atoms with Gasteiger partial charge in [-0.1, -0.05) is 13.8 Å². The molecule has 4 heteroatoms. The van der Waals surface area contributed by atoms with E-state index in [1.807, 2.05) is 27.7 Å². The van der Waals surface area contributed by atoms with Crippen LogP contribution in [0.1, 0.15) is 41.0 Å². The maximum Gasteiger partial charge on any atom is 0.410 e. The van der Waals surface area contributed by atoms with E-state index in [1.165, 1.54) is 0 Å². The molecular weight excluding hydrogens is 218 g/mol. The molecule has 1 aliphatic carbocycles. The molecule has 0 spiro atoms.